The first kappa shape index (κ1) is 14.9. The van der Waals surface area contributed by atoms with Crippen LogP contribution < -0.4 is 5.32 Å². The molecule has 94 valence electrons. The van der Waals surface area contributed by atoms with E-state index >= 15 is 0 Å². The molecule has 5 heteroatoms. The van der Waals surface area contributed by atoms with Crippen molar-refractivity contribution in [1.29, 1.82) is 0 Å². The van der Waals surface area contributed by atoms with Crippen molar-refractivity contribution < 1.29 is 19.4 Å². The van der Waals surface area contributed by atoms with Crippen LogP contribution in [-0.2, 0) is 14.3 Å². The summed E-state index contributed by atoms with van der Waals surface area (Å²) in [4.78, 5) is 21.2. The summed E-state index contributed by atoms with van der Waals surface area (Å²) >= 11 is 0. The van der Waals surface area contributed by atoms with Crippen LogP contribution in [0.5, 0.6) is 0 Å². The number of nitrogens with one attached hydrogen (secondary N) is 1. The Morgan fingerprint density at radius 3 is 2.56 bits per heavy atom. The highest BCUT2D eigenvalue weighted by Crippen LogP contribution is 2.02. The summed E-state index contributed by atoms with van der Waals surface area (Å²) in [6, 6.07) is 0.216. The first-order valence-corrected chi connectivity index (χ1v) is 5.62. The summed E-state index contributed by atoms with van der Waals surface area (Å²) in [5, 5.41) is 11.8. The zero-order chi connectivity index (χ0) is 12.4. The lowest BCUT2D eigenvalue weighted by Crippen LogP contribution is -2.30. The standard InChI is InChI=1S/C11H21NO4/c1-3-9(6-7-10(13)14)12-8-4-5-11(15)16-2/h9,12H,3-8H2,1-2H3,(H,13,14)/t9-/m0/s1. The van der Waals surface area contributed by atoms with Gasteiger partial charge in [0.1, 0.15) is 0 Å². The number of ether oxygens (including phenoxy) is 1. The lowest BCUT2D eigenvalue weighted by molar-refractivity contribution is -0.140. The number of carbonyl (C=O) groups excluding carboxylic acids is 1. The predicted molar refractivity (Wildman–Crippen MR) is 60.2 cm³/mol. The highest BCUT2D eigenvalue weighted by Gasteiger charge is 2.08. The maximum Gasteiger partial charge on any atom is 0.305 e. The summed E-state index contributed by atoms with van der Waals surface area (Å²) in [5.74, 6) is -0.977. The molecule has 16 heavy (non-hydrogen) atoms. The smallest absolute Gasteiger partial charge is 0.305 e. The Kier molecular flexibility index (Phi) is 8.52. The van der Waals surface area contributed by atoms with Crippen molar-refractivity contribution in [2.45, 2.75) is 45.1 Å². The summed E-state index contributed by atoms with van der Waals surface area (Å²) in [5.41, 5.74) is 0. The second-order valence-electron chi connectivity index (χ2n) is 3.67. The van der Waals surface area contributed by atoms with Crippen LogP contribution in [-0.4, -0.2) is 36.7 Å². The average Bonchev–Trinajstić information content (AvgIpc) is 2.27. The molecule has 0 bridgehead atoms. The Labute approximate surface area is 96.2 Å². The van der Waals surface area contributed by atoms with Crippen LogP contribution in [0.4, 0.5) is 0 Å². The zero-order valence-corrected chi connectivity index (χ0v) is 9.99. The summed E-state index contributed by atoms with van der Waals surface area (Å²) in [6.45, 7) is 2.73. The van der Waals surface area contributed by atoms with Crippen molar-refractivity contribution in [3.05, 3.63) is 0 Å². The molecule has 0 saturated carbocycles. The number of hydrogen-bond donors (Lipinski definition) is 2. The molecule has 0 aromatic rings. The second kappa shape index (κ2) is 9.15. The van der Waals surface area contributed by atoms with Crippen molar-refractivity contribution in [2.75, 3.05) is 13.7 Å². The van der Waals surface area contributed by atoms with E-state index in [1.54, 1.807) is 0 Å². The number of carbonyl (C=O) groups is 2. The Morgan fingerprint density at radius 2 is 2.06 bits per heavy atom. The van der Waals surface area contributed by atoms with E-state index < -0.39 is 5.97 Å². The van der Waals surface area contributed by atoms with E-state index in [1.165, 1.54) is 7.11 Å². The molecule has 0 aromatic heterocycles. The number of methoxy groups -OCH3 is 1. The van der Waals surface area contributed by atoms with Gasteiger partial charge in [-0.1, -0.05) is 6.92 Å². The normalized spacial score (nSPS) is 12.1. The van der Waals surface area contributed by atoms with Gasteiger partial charge >= 0.3 is 11.9 Å². The topological polar surface area (TPSA) is 75.6 Å². The van der Waals surface area contributed by atoms with Crippen molar-refractivity contribution in [3.8, 4) is 0 Å². The maximum absolute atomic E-state index is 10.8. The van der Waals surface area contributed by atoms with E-state index in [9.17, 15) is 9.59 Å². The number of carboxylic acids is 1. The highest BCUT2D eigenvalue weighted by molar-refractivity contribution is 5.69. The molecule has 0 fully saturated rings. The molecule has 0 aliphatic heterocycles. The molecule has 0 rings (SSSR count). The quantitative estimate of drug-likeness (QED) is 0.460. The molecule has 0 heterocycles. The van der Waals surface area contributed by atoms with Crippen LogP contribution in [0.3, 0.4) is 0 Å². The fourth-order valence-corrected chi connectivity index (χ4v) is 1.39. The number of rotatable bonds is 9. The summed E-state index contributed by atoms with van der Waals surface area (Å²) in [6.07, 6.45) is 2.83. The van der Waals surface area contributed by atoms with Crippen molar-refractivity contribution >= 4 is 11.9 Å². The van der Waals surface area contributed by atoms with Crippen LogP contribution in [0.1, 0.15) is 39.0 Å². The van der Waals surface area contributed by atoms with Crippen molar-refractivity contribution in [2.24, 2.45) is 0 Å². The van der Waals surface area contributed by atoms with E-state index in [0.29, 0.717) is 19.4 Å². The largest absolute Gasteiger partial charge is 0.481 e. The van der Waals surface area contributed by atoms with Crippen LogP contribution >= 0.6 is 0 Å². The van der Waals surface area contributed by atoms with E-state index in [-0.39, 0.29) is 18.4 Å². The van der Waals surface area contributed by atoms with Gasteiger partial charge in [-0.25, -0.2) is 0 Å². The molecule has 0 unspecified atom stereocenters. The first-order chi connectivity index (χ1) is 7.60. The van der Waals surface area contributed by atoms with Crippen LogP contribution in [0.2, 0.25) is 0 Å². The molecule has 0 aliphatic carbocycles. The van der Waals surface area contributed by atoms with Crippen LogP contribution in [0, 0.1) is 0 Å². The lowest BCUT2D eigenvalue weighted by Gasteiger charge is -2.15. The third kappa shape index (κ3) is 8.23. The van der Waals surface area contributed by atoms with Gasteiger partial charge in [0.2, 0.25) is 0 Å². The van der Waals surface area contributed by atoms with Gasteiger partial charge in [-0.2, -0.15) is 0 Å². The highest BCUT2D eigenvalue weighted by atomic mass is 16.5. The Hall–Kier alpha value is -1.10. The lowest BCUT2D eigenvalue weighted by atomic mass is 10.1. The molecular weight excluding hydrogens is 210 g/mol. The molecule has 0 radical (unpaired) electrons. The third-order valence-electron chi connectivity index (χ3n) is 2.42. The monoisotopic (exact) mass is 231 g/mol. The summed E-state index contributed by atoms with van der Waals surface area (Å²) < 4.78 is 4.52. The number of aliphatic carboxylic acids is 1. The zero-order valence-electron chi connectivity index (χ0n) is 9.99. The molecule has 0 aliphatic rings. The second-order valence-corrected chi connectivity index (χ2v) is 3.67. The minimum Gasteiger partial charge on any atom is -0.481 e. The Bertz CT molecular complexity index is 218. The minimum atomic E-state index is -0.769. The van der Waals surface area contributed by atoms with Crippen LogP contribution in [0.15, 0.2) is 0 Å². The molecule has 0 spiro atoms. The van der Waals surface area contributed by atoms with Crippen molar-refractivity contribution in [1.82, 2.24) is 5.32 Å². The summed E-state index contributed by atoms with van der Waals surface area (Å²) in [7, 11) is 1.37. The van der Waals surface area contributed by atoms with E-state index in [2.05, 4.69) is 10.1 Å². The van der Waals surface area contributed by atoms with Crippen molar-refractivity contribution in [3.63, 3.8) is 0 Å². The van der Waals surface area contributed by atoms with Gasteiger partial charge in [-0.15, -0.1) is 0 Å². The van der Waals surface area contributed by atoms with E-state index in [1.807, 2.05) is 6.92 Å². The number of esters is 1. The Balaban J connectivity index is 3.55. The van der Waals surface area contributed by atoms with Gasteiger partial charge in [0.15, 0.2) is 0 Å². The molecule has 1 atom stereocenters. The predicted octanol–water partition coefficient (Wildman–Crippen LogP) is 1.17. The minimum absolute atomic E-state index is 0.183. The van der Waals surface area contributed by atoms with Gasteiger partial charge in [0, 0.05) is 18.9 Å². The molecule has 2 N–H and O–H groups in total. The molecule has 0 saturated heterocycles. The fourth-order valence-electron chi connectivity index (χ4n) is 1.39. The van der Waals surface area contributed by atoms with Gasteiger partial charge in [0.25, 0.3) is 0 Å². The van der Waals surface area contributed by atoms with Gasteiger partial charge in [-0.05, 0) is 25.8 Å². The first-order valence-electron chi connectivity index (χ1n) is 5.62. The third-order valence-corrected chi connectivity index (χ3v) is 2.42. The Morgan fingerprint density at radius 1 is 1.38 bits per heavy atom. The average molecular weight is 231 g/mol. The maximum atomic E-state index is 10.8. The molecule has 5 nitrogen and oxygen atoms in total. The van der Waals surface area contributed by atoms with Gasteiger partial charge < -0.3 is 15.2 Å². The SMILES string of the molecule is CC[C@@H](CCC(=O)O)NCCCC(=O)OC. The fraction of sp³-hybridized carbons (Fsp3) is 0.818. The number of hydrogen-bond acceptors (Lipinski definition) is 4. The number of carboxylic acid groups (broad SMARTS) is 1. The van der Waals surface area contributed by atoms with Gasteiger partial charge in [-0.3, -0.25) is 9.59 Å². The molecule has 0 aromatic carbocycles. The molecular formula is C11H21NO4. The van der Waals surface area contributed by atoms with E-state index in [0.717, 1.165) is 12.8 Å². The molecule has 0 amide bonds. The van der Waals surface area contributed by atoms with E-state index in [4.69, 9.17) is 5.11 Å². The van der Waals surface area contributed by atoms with Gasteiger partial charge in [0.05, 0.1) is 7.11 Å². The van der Waals surface area contributed by atoms with Crippen LogP contribution in [0.25, 0.3) is 0 Å².